The van der Waals surface area contributed by atoms with Crippen molar-refractivity contribution < 1.29 is 24.0 Å². The van der Waals surface area contributed by atoms with Crippen LogP contribution in [0.3, 0.4) is 0 Å². The van der Waals surface area contributed by atoms with Crippen molar-refractivity contribution in [2.45, 2.75) is 27.2 Å². The van der Waals surface area contributed by atoms with Crippen LogP contribution < -0.4 is 27.0 Å². The molecule has 0 spiro atoms. The molecule has 200 valence electrons. The zero-order valence-corrected chi connectivity index (χ0v) is 22.3. The highest BCUT2D eigenvalue weighted by Crippen LogP contribution is 2.23. The van der Waals surface area contributed by atoms with Crippen LogP contribution in [0, 0.1) is 20.8 Å². The van der Waals surface area contributed by atoms with Gasteiger partial charge < -0.3 is 42.0 Å². The Hall–Kier alpha value is -4.66. The van der Waals surface area contributed by atoms with Gasteiger partial charge in [0.15, 0.2) is 11.6 Å². The Bertz CT molecular complexity index is 1450. The van der Waals surface area contributed by atoms with E-state index < -0.39 is 29.5 Å². The number of H-pyrrole nitrogens is 3. The van der Waals surface area contributed by atoms with Gasteiger partial charge in [0.1, 0.15) is 11.4 Å². The first kappa shape index (κ1) is 27.9. The Labute approximate surface area is 224 Å². The SMILES string of the molecule is C=C(Br)C(=O)Nc1nc(C(=O)Nc2c[nH]c(C(=O)Nc3c[nH]c(C(=O)NCCC(N)=O)c3C)c2C)[nH]c1C. The number of aromatic amines is 3. The number of aryl methyl sites for hydroxylation is 1. The van der Waals surface area contributed by atoms with Crippen LogP contribution in [0.2, 0.25) is 0 Å². The highest BCUT2D eigenvalue weighted by atomic mass is 79.9. The van der Waals surface area contributed by atoms with E-state index in [1.165, 1.54) is 12.4 Å². The van der Waals surface area contributed by atoms with E-state index in [0.717, 1.165) is 0 Å². The first-order chi connectivity index (χ1) is 17.9. The van der Waals surface area contributed by atoms with Gasteiger partial charge in [-0.15, -0.1) is 0 Å². The third-order valence-electron chi connectivity index (χ3n) is 5.47. The molecule has 0 atom stereocenters. The Morgan fingerprint density at radius 3 is 2.03 bits per heavy atom. The summed E-state index contributed by atoms with van der Waals surface area (Å²) < 4.78 is 0.106. The summed E-state index contributed by atoms with van der Waals surface area (Å²) in [5, 5.41) is 10.5. The number of nitrogens with one attached hydrogen (secondary N) is 7. The van der Waals surface area contributed by atoms with E-state index in [0.29, 0.717) is 28.2 Å². The van der Waals surface area contributed by atoms with Crippen LogP contribution in [0.25, 0.3) is 0 Å². The smallest absolute Gasteiger partial charge is 0.291 e. The molecule has 0 bridgehead atoms. The number of nitrogens with zero attached hydrogens (tertiary/aromatic N) is 1. The molecule has 14 nitrogen and oxygen atoms in total. The number of hydrogen-bond acceptors (Lipinski definition) is 6. The van der Waals surface area contributed by atoms with Crippen molar-refractivity contribution >= 4 is 62.7 Å². The van der Waals surface area contributed by atoms with Crippen molar-refractivity contribution in [3.63, 3.8) is 0 Å². The number of hydrogen-bond donors (Lipinski definition) is 8. The molecule has 3 heterocycles. The molecule has 3 rings (SSSR count). The normalized spacial score (nSPS) is 10.5. The molecule has 5 amide bonds. The molecule has 0 saturated heterocycles. The maximum absolute atomic E-state index is 12.9. The van der Waals surface area contributed by atoms with Gasteiger partial charge in [-0.2, -0.15) is 0 Å². The molecule has 9 N–H and O–H groups in total. The maximum Gasteiger partial charge on any atom is 0.291 e. The predicted molar refractivity (Wildman–Crippen MR) is 143 cm³/mol. The Morgan fingerprint density at radius 2 is 1.47 bits per heavy atom. The average molecular weight is 588 g/mol. The number of nitrogens with two attached hydrogens (primary N) is 1. The number of imidazole rings is 1. The average Bonchev–Trinajstić information content (AvgIpc) is 3.51. The highest BCUT2D eigenvalue weighted by Gasteiger charge is 2.21. The lowest BCUT2D eigenvalue weighted by Crippen LogP contribution is -2.28. The number of carbonyl (C=O) groups excluding carboxylic acids is 5. The van der Waals surface area contributed by atoms with E-state index in [1.54, 1.807) is 20.8 Å². The van der Waals surface area contributed by atoms with Crippen molar-refractivity contribution in [1.29, 1.82) is 0 Å². The number of carbonyl (C=O) groups is 5. The van der Waals surface area contributed by atoms with Gasteiger partial charge in [-0.1, -0.05) is 6.58 Å². The second kappa shape index (κ2) is 11.6. The molecule has 0 aliphatic carbocycles. The number of amides is 5. The van der Waals surface area contributed by atoms with Crippen LogP contribution in [0.1, 0.15) is 54.8 Å². The lowest BCUT2D eigenvalue weighted by molar-refractivity contribution is -0.118. The van der Waals surface area contributed by atoms with Crippen molar-refractivity contribution in [2.24, 2.45) is 5.73 Å². The molecule has 15 heteroatoms. The summed E-state index contributed by atoms with van der Waals surface area (Å²) in [4.78, 5) is 73.1. The van der Waals surface area contributed by atoms with Crippen LogP contribution in [0.4, 0.5) is 17.2 Å². The van der Waals surface area contributed by atoms with Crippen molar-refractivity contribution in [3.8, 4) is 0 Å². The number of halogens is 1. The molecule has 0 radical (unpaired) electrons. The largest absolute Gasteiger partial charge is 0.370 e. The Kier molecular flexibility index (Phi) is 8.52. The first-order valence-electron chi connectivity index (χ1n) is 11.2. The molecule has 3 aromatic rings. The third-order valence-corrected chi connectivity index (χ3v) is 5.83. The van der Waals surface area contributed by atoms with Gasteiger partial charge in [0.25, 0.3) is 23.6 Å². The highest BCUT2D eigenvalue weighted by molar-refractivity contribution is 9.12. The van der Waals surface area contributed by atoms with Gasteiger partial charge in [-0.25, -0.2) is 4.98 Å². The standard InChI is InChI=1S/C23H26BrN9O5/c1-9-13(7-27-16(9)21(36)26-6-5-15(25)34)30-22(37)17-10(2)14(8-28-17)31-23(38)19-29-12(4)18(32-19)33-20(35)11(3)24/h7-8,27-28H,3,5-6H2,1-2,4H3,(H2,25,34)(H,26,36)(H,29,32)(H,30,37)(H,31,38)(H,33,35). The lowest BCUT2D eigenvalue weighted by Gasteiger charge is -2.06. The summed E-state index contributed by atoms with van der Waals surface area (Å²) in [6.45, 7) is 8.50. The molecular formula is C23H26BrN9O5. The molecule has 3 aromatic heterocycles. The van der Waals surface area contributed by atoms with Crippen LogP contribution in [0.15, 0.2) is 23.5 Å². The van der Waals surface area contributed by atoms with E-state index in [2.05, 4.69) is 63.7 Å². The number of anilines is 3. The molecule has 0 aliphatic heterocycles. The summed E-state index contributed by atoms with van der Waals surface area (Å²) in [5.41, 5.74) is 7.62. The zero-order valence-electron chi connectivity index (χ0n) is 20.7. The van der Waals surface area contributed by atoms with Gasteiger partial charge >= 0.3 is 0 Å². The molecule has 0 saturated carbocycles. The van der Waals surface area contributed by atoms with Gasteiger partial charge in [0.05, 0.1) is 21.6 Å². The zero-order chi connectivity index (χ0) is 28.1. The fraction of sp³-hybridized carbons (Fsp3) is 0.217. The Balaban J connectivity index is 1.67. The summed E-state index contributed by atoms with van der Waals surface area (Å²) in [7, 11) is 0. The number of primary amides is 1. The van der Waals surface area contributed by atoms with E-state index in [1.807, 2.05) is 0 Å². The van der Waals surface area contributed by atoms with Crippen LogP contribution >= 0.6 is 15.9 Å². The minimum Gasteiger partial charge on any atom is -0.370 e. The minimum absolute atomic E-state index is 0.00457. The minimum atomic E-state index is -0.589. The quantitative estimate of drug-likeness (QED) is 0.165. The maximum atomic E-state index is 12.9. The number of rotatable bonds is 10. The number of aromatic nitrogens is 4. The van der Waals surface area contributed by atoms with Crippen molar-refractivity contribution in [2.75, 3.05) is 22.5 Å². The van der Waals surface area contributed by atoms with Gasteiger partial charge in [-0.05, 0) is 36.7 Å². The fourth-order valence-electron chi connectivity index (χ4n) is 3.34. The van der Waals surface area contributed by atoms with Gasteiger partial charge in [0.2, 0.25) is 5.91 Å². The van der Waals surface area contributed by atoms with Crippen LogP contribution in [-0.2, 0) is 9.59 Å². The predicted octanol–water partition coefficient (Wildman–Crippen LogP) is 1.95. The van der Waals surface area contributed by atoms with Gasteiger partial charge in [-0.3, -0.25) is 24.0 Å². The summed E-state index contributed by atoms with van der Waals surface area (Å²) in [6.07, 6.45) is 2.93. The monoisotopic (exact) mass is 587 g/mol. The second-order valence-electron chi connectivity index (χ2n) is 8.20. The van der Waals surface area contributed by atoms with Crippen LogP contribution in [-0.4, -0.2) is 56.0 Å². The lowest BCUT2D eigenvalue weighted by atomic mass is 10.2. The molecule has 0 aliphatic rings. The first-order valence-corrected chi connectivity index (χ1v) is 12.0. The molecule has 0 aromatic carbocycles. The van der Waals surface area contributed by atoms with Gasteiger partial charge in [0, 0.05) is 36.5 Å². The Morgan fingerprint density at radius 1 is 0.921 bits per heavy atom. The summed E-state index contributed by atoms with van der Waals surface area (Å²) >= 11 is 2.98. The van der Waals surface area contributed by atoms with E-state index in [-0.39, 0.29) is 40.5 Å². The second-order valence-corrected chi connectivity index (χ2v) is 9.16. The summed E-state index contributed by atoms with van der Waals surface area (Å²) in [6, 6.07) is 0. The molecular weight excluding hydrogens is 562 g/mol. The molecule has 0 unspecified atom stereocenters. The third kappa shape index (κ3) is 6.36. The van der Waals surface area contributed by atoms with E-state index in [9.17, 15) is 24.0 Å². The molecule has 38 heavy (non-hydrogen) atoms. The fourth-order valence-corrected chi connectivity index (χ4v) is 3.44. The topological polar surface area (TPSA) is 220 Å². The van der Waals surface area contributed by atoms with E-state index >= 15 is 0 Å². The van der Waals surface area contributed by atoms with Crippen LogP contribution in [0.5, 0.6) is 0 Å². The van der Waals surface area contributed by atoms with Crippen molar-refractivity contribution in [3.05, 3.63) is 57.5 Å². The summed E-state index contributed by atoms with van der Waals surface area (Å²) in [5.74, 6) is -2.44. The van der Waals surface area contributed by atoms with Crippen molar-refractivity contribution in [1.82, 2.24) is 25.3 Å². The molecule has 0 fully saturated rings. The van der Waals surface area contributed by atoms with E-state index in [4.69, 9.17) is 5.73 Å².